The van der Waals surface area contributed by atoms with Gasteiger partial charge in [0.05, 0.1) is 0 Å². The van der Waals surface area contributed by atoms with Crippen molar-refractivity contribution >= 4 is 11.4 Å². The molecule has 9 aliphatic rings. The monoisotopic (exact) mass is 462 g/mol. The summed E-state index contributed by atoms with van der Waals surface area (Å²) in [4.78, 5) is 5.46. The summed E-state index contributed by atoms with van der Waals surface area (Å²) in [6.45, 7) is 4.25. The second-order valence-electron chi connectivity index (χ2n) is 13.7. The van der Waals surface area contributed by atoms with Gasteiger partial charge < -0.3 is 9.80 Å². The fraction of sp³-hybridized carbons (Fsp3) is 0.606. The molecule has 0 saturated heterocycles. The normalized spacial score (nSPS) is 44.3. The van der Waals surface area contributed by atoms with Crippen LogP contribution in [0, 0.1) is 54.0 Å². The molecule has 8 saturated carbocycles. The zero-order valence-corrected chi connectivity index (χ0v) is 20.9. The Bertz CT molecular complexity index is 1010. The molecule has 2 aromatic rings. The maximum Gasteiger partial charge on any atom is 0.209 e. The van der Waals surface area contributed by atoms with Gasteiger partial charge in [0.1, 0.15) is 0 Å². The number of hydrogen-bond acceptors (Lipinski definition) is 2. The van der Waals surface area contributed by atoms with Gasteiger partial charge in [0.15, 0.2) is 0 Å². The van der Waals surface area contributed by atoms with Gasteiger partial charge in [0, 0.05) is 34.6 Å². The van der Waals surface area contributed by atoms with Gasteiger partial charge in [-0.25, -0.2) is 0 Å². The number of rotatable bonds is 2. The molecule has 0 aromatic heterocycles. The standard InChI is InChI=1S/C33H38N2/c1-3-7-30-28(5-1)29-6-2-4-8-31(29)35(33-26-15-22-10-23(17-26)18-27(33)16-22)19-34(30)32-24-11-20-9-21(13-24)14-25(32)12-20/h1-8,20-27,32-33H,9-18H2. The van der Waals surface area contributed by atoms with E-state index in [1.807, 2.05) is 0 Å². The summed E-state index contributed by atoms with van der Waals surface area (Å²) in [7, 11) is 0. The maximum absolute atomic E-state index is 4.25. The third-order valence-electron chi connectivity index (χ3n) is 11.8. The average Bonchev–Trinajstić information content (AvgIpc) is 2.99. The number of fused-ring (bicyclic) bond motifs is 3. The Labute approximate surface area is 211 Å². The van der Waals surface area contributed by atoms with E-state index in [0.717, 1.165) is 47.3 Å². The van der Waals surface area contributed by atoms with Crippen molar-refractivity contribution in [3.05, 3.63) is 55.2 Å². The molecule has 0 amide bonds. The highest BCUT2D eigenvalue weighted by atomic mass is 15.4. The van der Waals surface area contributed by atoms with Gasteiger partial charge in [-0.3, -0.25) is 0 Å². The molecule has 8 fully saturated rings. The quantitative estimate of drug-likeness (QED) is 0.453. The fourth-order valence-corrected chi connectivity index (χ4v) is 11.1. The van der Waals surface area contributed by atoms with E-state index < -0.39 is 0 Å². The van der Waals surface area contributed by atoms with Gasteiger partial charge in [0.2, 0.25) is 6.67 Å². The second-order valence-corrected chi connectivity index (χ2v) is 13.7. The van der Waals surface area contributed by atoms with E-state index in [4.69, 9.17) is 0 Å². The summed E-state index contributed by atoms with van der Waals surface area (Å²) in [5.74, 6) is 7.45. The van der Waals surface area contributed by atoms with Crippen LogP contribution in [-0.4, -0.2) is 12.1 Å². The predicted octanol–water partition coefficient (Wildman–Crippen LogP) is 7.63. The Kier molecular flexibility index (Phi) is 4.20. The predicted molar refractivity (Wildman–Crippen MR) is 142 cm³/mol. The Morgan fingerprint density at radius 2 is 0.800 bits per heavy atom. The Morgan fingerprint density at radius 3 is 1.17 bits per heavy atom. The van der Waals surface area contributed by atoms with Crippen LogP contribution in [-0.2, 0) is 0 Å². The summed E-state index contributed by atoms with van der Waals surface area (Å²) in [6, 6.07) is 19.9. The Morgan fingerprint density at radius 1 is 0.457 bits per heavy atom. The highest BCUT2D eigenvalue weighted by Crippen LogP contribution is 2.60. The second kappa shape index (κ2) is 7.30. The highest BCUT2D eigenvalue weighted by molar-refractivity contribution is 5.90. The van der Waals surface area contributed by atoms with E-state index in [0.29, 0.717) is 12.1 Å². The van der Waals surface area contributed by atoms with Crippen LogP contribution in [0.2, 0.25) is 0 Å². The summed E-state index contributed by atoms with van der Waals surface area (Å²) in [5.41, 5.74) is 5.69. The lowest BCUT2D eigenvalue weighted by molar-refractivity contribution is -0.00709. The third-order valence-corrected chi connectivity index (χ3v) is 11.8. The molecule has 2 heteroatoms. The summed E-state index contributed by atoms with van der Waals surface area (Å²) in [6.07, 6.45) is 14.7. The Balaban J connectivity index is 1.19. The van der Waals surface area contributed by atoms with Crippen LogP contribution in [0.4, 0.5) is 11.4 Å². The molecule has 35 heavy (non-hydrogen) atoms. The van der Waals surface area contributed by atoms with Crippen LogP contribution in [0.15, 0.2) is 48.5 Å². The number of anilines is 2. The molecule has 8 aliphatic carbocycles. The van der Waals surface area contributed by atoms with Crippen molar-refractivity contribution in [2.45, 2.75) is 76.3 Å². The SMILES string of the molecule is [C]1N(C2C3CC4CC(C3)CC2C4)c2ccccc2-c2ccccc2N1C1C2CC3CC(C2)CC1C3. The van der Waals surface area contributed by atoms with Crippen molar-refractivity contribution in [1.29, 1.82) is 0 Å². The Hall–Kier alpha value is -1.96. The van der Waals surface area contributed by atoms with Crippen LogP contribution in [0.3, 0.4) is 0 Å². The van der Waals surface area contributed by atoms with Crippen molar-refractivity contribution in [2.24, 2.45) is 47.3 Å². The number of benzene rings is 2. The zero-order chi connectivity index (χ0) is 22.7. The molecule has 2 nitrogen and oxygen atoms in total. The molecule has 180 valence electrons. The van der Waals surface area contributed by atoms with E-state index in [-0.39, 0.29) is 0 Å². The van der Waals surface area contributed by atoms with Crippen LogP contribution in [0.25, 0.3) is 11.1 Å². The van der Waals surface area contributed by atoms with E-state index in [2.05, 4.69) is 65.0 Å². The van der Waals surface area contributed by atoms with Gasteiger partial charge in [0.25, 0.3) is 0 Å². The van der Waals surface area contributed by atoms with E-state index >= 15 is 0 Å². The first-order valence-electron chi connectivity index (χ1n) is 14.8. The molecular weight excluding hydrogens is 424 g/mol. The largest absolute Gasteiger partial charge is 0.337 e. The lowest BCUT2D eigenvalue weighted by Gasteiger charge is -2.60. The maximum atomic E-state index is 4.25. The number of hydrogen-bond donors (Lipinski definition) is 0. The smallest absolute Gasteiger partial charge is 0.209 e. The molecule has 1 aliphatic heterocycles. The minimum absolute atomic E-state index is 0.637. The van der Waals surface area contributed by atoms with Crippen molar-refractivity contribution in [1.82, 2.24) is 0 Å². The van der Waals surface area contributed by atoms with Crippen molar-refractivity contribution < 1.29 is 0 Å². The topological polar surface area (TPSA) is 6.48 Å². The first kappa shape index (κ1) is 20.1. The van der Waals surface area contributed by atoms with E-state index in [9.17, 15) is 0 Å². The van der Waals surface area contributed by atoms with Crippen molar-refractivity contribution in [2.75, 3.05) is 9.80 Å². The van der Waals surface area contributed by atoms with Crippen LogP contribution < -0.4 is 9.80 Å². The highest BCUT2D eigenvalue weighted by Gasteiger charge is 2.54. The first-order chi connectivity index (χ1) is 17.3. The lowest BCUT2D eigenvalue weighted by Crippen LogP contribution is -2.60. The molecule has 0 atom stereocenters. The first-order valence-corrected chi connectivity index (χ1v) is 14.8. The van der Waals surface area contributed by atoms with Gasteiger partial charge in [-0.05, 0) is 124 Å². The van der Waals surface area contributed by atoms with Crippen LogP contribution in [0.5, 0.6) is 0 Å². The molecule has 11 rings (SSSR count). The van der Waals surface area contributed by atoms with Gasteiger partial charge >= 0.3 is 0 Å². The van der Waals surface area contributed by atoms with Gasteiger partial charge in [-0.15, -0.1) is 0 Å². The van der Waals surface area contributed by atoms with Gasteiger partial charge in [-0.2, -0.15) is 0 Å². The minimum atomic E-state index is 0.637. The lowest BCUT2D eigenvalue weighted by atomic mass is 9.53. The fourth-order valence-electron chi connectivity index (χ4n) is 11.1. The molecular formula is C33H38N2. The summed E-state index contributed by atoms with van der Waals surface area (Å²) < 4.78 is 0. The van der Waals surface area contributed by atoms with Crippen molar-refractivity contribution in [3.63, 3.8) is 0 Å². The molecule has 2 radical (unpaired) electrons. The summed E-state index contributed by atoms with van der Waals surface area (Å²) >= 11 is 0. The molecule has 0 unspecified atom stereocenters. The third kappa shape index (κ3) is 2.89. The molecule has 8 bridgehead atoms. The zero-order valence-electron chi connectivity index (χ0n) is 20.9. The van der Waals surface area contributed by atoms with Crippen molar-refractivity contribution in [3.8, 4) is 11.1 Å². The molecule has 1 heterocycles. The van der Waals surface area contributed by atoms with Gasteiger partial charge in [-0.1, -0.05) is 36.4 Å². The summed E-state index contributed by atoms with van der Waals surface area (Å²) in [5, 5.41) is 0. The van der Waals surface area contributed by atoms with E-state index in [1.165, 1.54) is 86.7 Å². The molecule has 2 aromatic carbocycles. The average molecular weight is 463 g/mol. The number of nitrogens with zero attached hydrogens (tertiary/aromatic N) is 2. The molecule has 0 spiro atoms. The van der Waals surface area contributed by atoms with Crippen LogP contribution in [0.1, 0.15) is 64.2 Å². The van der Waals surface area contributed by atoms with Crippen LogP contribution >= 0.6 is 0 Å². The van der Waals surface area contributed by atoms with E-state index in [1.54, 1.807) is 0 Å². The minimum Gasteiger partial charge on any atom is -0.337 e. The number of para-hydroxylation sites is 2. The molecule has 0 N–H and O–H groups in total.